The minimum absolute atomic E-state index is 0.0230. The summed E-state index contributed by atoms with van der Waals surface area (Å²) in [5.41, 5.74) is 6.11. The molecule has 0 fully saturated rings. The highest BCUT2D eigenvalue weighted by atomic mass is 32.2. The van der Waals surface area contributed by atoms with E-state index in [1.807, 2.05) is 0 Å². The number of nitrogens with two attached hydrogens (primary N) is 1. The van der Waals surface area contributed by atoms with E-state index >= 15 is 0 Å². The predicted octanol–water partition coefficient (Wildman–Crippen LogP) is -1.37. The van der Waals surface area contributed by atoms with Crippen molar-refractivity contribution in [3.05, 3.63) is 18.2 Å². The van der Waals surface area contributed by atoms with Gasteiger partial charge >= 0.3 is 11.9 Å². The Morgan fingerprint density at radius 2 is 1.71 bits per heavy atom. The number of rotatable bonds is 15. The van der Waals surface area contributed by atoms with Crippen molar-refractivity contribution in [2.24, 2.45) is 5.73 Å². The molecule has 0 heterocycles. The number of esters is 2. The van der Waals surface area contributed by atoms with Crippen LogP contribution in [0.4, 0.5) is 11.4 Å². The fourth-order valence-corrected chi connectivity index (χ4v) is 3.80. The molecule has 2 unspecified atom stereocenters. The Balaban J connectivity index is 2.76. The summed E-state index contributed by atoms with van der Waals surface area (Å²) in [6, 6.07) is 2.45. The predicted molar refractivity (Wildman–Crippen MR) is 142 cm³/mol. The van der Waals surface area contributed by atoms with Gasteiger partial charge in [-0.1, -0.05) is 0 Å². The second-order valence-electron chi connectivity index (χ2n) is 7.58. The zero-order valence-corrected chi connectivity index (χ0v) is 22.5. The summed E-state index contributed by atoms with van der Waals surface area (Å²) in [5.74, 6) is -4.00. The molecule has 16 heteroatoms. The minimum atomic E-state index is -1.12. The summed E-state index contributed by atoms with van der Waals surface area (Å²) >= 11 is 5.20. The molecule has 4 amide bonds. The Kier molecular flexibility index (Phi) is 14.8. The summed E-state index contributed by atoms with van der Waals surface area (Å²) < 4.78 is 8.98. The number of amides is 4. The maximum atomic E-state index is 12.6. The van der Waals surface area contributed by atoms with E-state index in [1.54, 1.807) is 6.07 Å². The second kappa shape index (κ2) is 17.2. The van der Waals surface area contributed by atoms with Gasteiger partial charge in [0.25, 0.3) is 0 Å². The van der Waals surface area contributed by atoms with Gasteiger partial charge in [-0.05, 0) is 24.6 Å². The van der Waals surface area contributed by atoms with Crippen LogP contribution in [0.1, 0.15) is 12.8 Å². The Labute approximate surface area is 228 Å². The highest BCUT2D eigenvalue weighted by Gasteiger charge is 2.23. The third kappa shape index (κ3) is 12.3. The summed E-state index contributed by atoms with van der Waals surface area (Å²) in [6.45, 7) is -1.18. The van der Waals surface area contributed by atoms with E-state index in [0.717, 1.165) is 18.9 Å². The fourth-order valence-electron chi connectivity index (χ4n) is 2.75. The lowest BCUT2D eigenvalue weighted by Crippen LogP contribution is -2.49. The molecule has 0 aromatic heterocycles. The number of hydrogen-bond donors (Lipinski definition) is 7. The van der Waals surface area contributed by atoms with Crippen LogP contribution >= 0.6 is 24.4 Å². The lowest BCUT2D eigenvalue weighted by Gasteiger charge is -2.18. The van der Waals surface area contributed by atoms with Gasteiger partial charge in [0.1, 0.15) is 25.2 Å². The van der Waals surface area contributed by atoms with Gasteiger partial charge in [0.2, 0.25) is 23.6 Å². The number of ether oxygens (including phenoxy) is 2. The molecular weight excluding hydrogens is 542 g/mol. The first-order valence-corrected chi connectivity index (χ1v) is 12.7. The number of benzene rings is 1. The van der Waals surface area contributed by atoms with Crippen LogP contribution in [0.2, 0.25) is 0 Å². The van der Waals surface area contributed by atoms with Crippen molar-refractivity contribution in [2.75, 3.05) is 49.5 Å². The van der Waals surface area contributed by atoms with Crippen molar-refractivity contribution < 1.29 is 43.3 Å². The van der Waals surface area contributed by atoms with E-state index in [9.17, 15) is 28.8 Å². The smallest absolute Gasteiger partial charge is 0.325 e. The van der Waals surface area contributed by atoms with E-state index in [-0.39, 0.29) is 35.7 Å². The number of carbonyl (C=O) groups excluding carboxylic acids is 6. The molecule has 2 atom stereocenters. The SMILES string of the molecule is COC(=O)CNC(=O)C(CSCC(=O)Nc1ccc(S)cc1NC(=O)CO)NC(=O)CCC(N)C(=O)OC. The van der Waals surface area contributed by atoms with Crippen molar-refractivity contribution >= 4 is 71.3 Å². The molecule has 0 saturated heterocycles. The first-order chi connectivity index (χ1) is 18.0. The van der Waals surface area contributed by atoms with Crippen molar-refractivity contribution in [2.45, 2.75) is 29.8 Å². The molecule has 0 bridgehead atoms. The third-order valence-corrected chi connectivity index (χ3v) is 6.00. The Bertz CT molecular complexity index is 1020. The molecule has 0 aliphatic rings. The molecule has 1 aromatic rings. The lowest BCUT2D eigenvalue weighted by atomic mass is 10.1. The summed E-state index contributed by atoms with van der Waals surface area (Å²) in [7, 11) is 2.32. The topological polar surface area (TPSA) is 215 Å². The van der Waals surface area contributed by atoms with Crippen LogP contribution in [0.25, 0.3) is 0 Å². The van der Waals surface area contributed by atoms with E-state index in [0.29, 0.717) is 4.90 Å². The van der Waals surface area contributed by atoms with Gasteiger partial charge in [-0.25, -0.2) is 0 Å². The van der Waals surface area contributed by atoms with Gasteiger partial charge in [-0.2, -0.15) is 0 Å². The van der Waals surface area contributed by atoms with Gasteiger partial charge in [0.05, 0.1) is 31.3 Å². The lowest BCUT2D eigenvalue weighted by molar-refractivity contribution is -0.142. The molecule has 210 valence electrons. The van der Waals surface area contributed by atoms with Crippen LogP contribution in [0, 0.1) is 0 Å². The van der Waals surface area contributed by atoms with E-state index in [4.69, 9.17) is 10.8 Å². The van der Waals surface area contributed by atoms with Crippen LogP contribution in [0.3, 0.4) is 0 Å². The van der Waals surface area contributed by atoms with Crippen LogP contribution < -0.4 is 27.0 Å². The molecule has 1 rings (SSSR count). The van der Waals surface area contributed by atoms with Gasteiger partial charge in [0, 0.05) is 17.1 Å². The first-order valence-electron chi connectivity index (χ1n) is 11.1. The molecule has 14 nitrogen and oxygen atoms in total. The van der Waals surface area contributed by atoms with Crippen LogP contribution in [-0.2, 0) is 38.2 Å². The molecular formula is C22H31N5O9S2. The van der Waals surface area contributed by atoms with Crippen molar-refractivity contribution in [1.82, 2.24) is 10.6 Å². The van der Waals surface area contributed by atoms with Gasteiger partial charge in [-0.15, -0.1) is 24.4 Å². The van der Waals surface area contributed by atoms with E-state index in [1.165, 1.54) is 19.2 Å². The maximum Gasteiger partial charge on any atom is 0.325 e. The fraction of sp³-hybridized carbons (Fsp3) is 0.455. The van der Waals surface area contributed by atoms with E-state index in [2.05, 4.69) is 43.4 Å². The average Bonchev–Trinajstić information content (AvgIpc) is 2.90. The summed E-state index contributed by atoms with van der Waals surface area (Å²) in [4.78, 5) is 72.2. The van der Waals surface area contributed by atoms with Crippen LogP contribution in [0.5, 0.6) is 0 Å². The molecule has 7 N–H and O–H groups in total. The second-order valence-corrected chi connectivity index (χ2v) is 9.13. The Hall–Kier alpha value is -3.34. The number of aliphatic hydroxyl groups excluding tert-OH is 1. The number of nitrogens with one attached hydrogen (secondary N) is 4. The quantitative estimate of drug-likeness (QED) is 0.0960. The average molecular weight is 574 g/mol. The summed E-state index contributed by atoms with van der Waals surface area (Å²) in [5, 5.41) is 18.8. The highest BCUT2D eigenvalue weighted by Crippen LogP contribution is 2.25. The molecule has 1 aromatic carbocycles. The normalized spacial score (nSPS) is 11.9. The molecule has 0 aliphatic heterocycles. The third-order valence-electron chi connectivity index (χ3n) is 4.69. The molecule has 38 heavy (non-hydrogen) atoms. The Morgan fingerprint density at radius 3 is 2.34 bits per heavy atom. The number of methoxy groups -OCH3 is 2. The maximum absolute atomic E-state index is 12.6. The number of aliphatic hydroxyl groups is 1. The number of hydrogen-bond acceptors (Lipinski definition) is 12. The Morgan fingerprint density at radius 1 is 1.03 bits per heavy atom. The van der Waals surface area contributed by atoms with Crippen LogP contribution in [0.15, 0.2) is 23.1 Å². The molecule has 0 spiro atoms. The van der Waals surface area contributed by atoms with Gasteiger partial charge in [-0.3, -0.25) is 28.8 Å². The number of anilines is 2. The first kappa shape index (κ1) is 32.7. The van der Waals surface area contributed by atoms with Crippen LogP contribution in [-0.4, -0.2) is 91.6 Å². The zero-order chi connectivity index (χ0) is 28.7. The van der Waals surface area contributed by atoms with E-state index < -0.39 is 60.8 Å². The zero-order valence-electron chi connectivity index (χ0n) is 20.8. The van der Waals surface area contributed by atoms with Crippen molar-refractivity contribution in [1.29, 1.82) is 0 Å². The number of thiol groups is 1. The highest BCUT2D eigenvalue weighted by molar-refractivity contribution is 8.00. The molecule has 0 saturated carbocycles. The monoisotopic (exact) mass is 573 g/mol. The van der Waals surface area contributed by atoms with Gasteiger partial charge < -0.3 is 41.6 Å². The largest absolute Gasteiger partial charge is 0.468 e. The van der Waals surface area contributed by atoms with Crippen molar-refractivity contribution in [3.8, 4) is 0 Å². The number of carbonyl (C=O) groups is 6. The standard InChI is InChI=1S/C22H31N5O9S2/c1-35-20(32)8-24-21(33)16(27-17(29)6-4-13(23)22(34)36-2)10-38-11-19(31)25-14-5-3-12(37)7-15(14)26-18(30)9-28/h3,5,7,13,16,28,37H,4,6,8-11,23H2,1-2H3,(H,24,33)(H,25,31)(H,26,30)(H,27,29). The minimum Gasteiger partial charge on any atom is -0.468 e. The van der Waals surface area contributed by atoms with Crippen molar-refractivity contribution in [3.63, 3.8) is 0 Å². The van der Waals surface area contributed by atoms with Gasteiger partial charge in [0.15, 0.2) is 0 Å². The molecule has 0 radical (unpaired) electrons. The number of thioether (sulfide) groups is 1. The summed E-state index contributed by atoms with van der Waals surface area (Å²) in [6.07, 6.45) is -0.198. The molecule has 0 aliphatic carbocycles.